The number of phenols is 4. The number of aryl methyl sites for hydroxylation is 1. The number of phenolic OH excluding ortho intramolecular Hbond substituents is 4. The third kappa shape index (κ3) is 4.83. The molecule has 4 nitrogen and oxygen atoms in total. The fraction of sp³-hybridized carbons (Fsp3) is 0.280. The Balaban J connectivity index is 2.00. The normalized spacial score (nSPS) is 11.6. The number of hydrogen-bond donors (Lipinski definition) is 4. The minimum atomic E-state index is -0.173. The molecule has 3 rings (SSSR count). The molecule has 3 aromatic carbocycles. The van der Waals surface area contributed by atoms with Gasteiger partial charge in [0.05, 0.1) is 0 Å². The Kier molecular flexibility index (Phi) is 6.22. The van der Waals surface area contributed by atoms with Crippen LogP contribution in [-0.2, 0) is 18.3 Å². The molecule has 0 saturated heterocycles. The first-order valence-electron chi connectivity index (χ1n) is 9.80. The summed E-state index contributed by atoms with van der Waals surface area (Å²) in [5, 5.41) is 41.5. The molecule has 0 atom stereocenters. The molecule has 158 valence electrons. The van der Waals surface area contributed by atoms with Gasteiger partial charge in [-0.2, -0.15) is 0 Å². The Bertz CT molecular complexity index is 1100. The van der Waals surface area contributed by atoms with Gasteiger partial charge in [0, 0.05) is 22.0 Å². The van der Waals surface area contributed by atoms with Crippen molar-refractivity contribution in [2.24, 2.45) is 0 Å². The molecule has 0 heterocycles. The first-order valence-corrected chi connectivity index (χ1v) is 10.9. The van der Waals surface area contributed by atoms with E-state index in [2.05, 4.69) is 43.4 Å². The van der Waals surface area contributed by atoms with Crippen LogP contribution < -0.4 is 0 Å². The van der Waals surface area contributed by atoms with Gasteiger partial charge in [0.1, 0.15) is 11.5 Å². The third-order valence-electron chi connectivity index (χ3n) is 5.25. The number of hydrogen-bond acceptors (Lipinski definition) is 4. The molecule has 4 N–H and O–H groups in total. The molecule has 0 fully saturated rings. The van der Waals surface area contributed by atoms with Crippen molar-refractivity contribution in [2.75, 3.05) is 0 Å². The van der Waals surface area contributed by atoms with E-state index in [9.17, 15) is 20.4 Å². The van der Waals surface area contributed by atoms with Crippen LogP contribution in [0.1, 0.15) is 54.2 Å². The van der Waals surface area contributed by atoms with Crippen LogP contribution in [0.4, 0.5) is 0 Å². The van der Waals surface area contributed by atoms with E-state index in [0.29, 0.717) is 23.1 Å². The highest BCUT2D eigenvalue weighted by molar-refractivity contribution is 14.1. The molecular weight excluding hydrogens is 491 g/mol. The van der Waals surface area contributed by atoms with Gasteiger partial charge in [-0.15, -0.1) is 0 Å². The maximum atomic E-state index is 11.0. The van der Waals surface area contributed by atoms with Crippen LogP contribution in [-0.4, -0.2) is 20.4 Å². The van der Waals surface area contributed by atoms with Crippen LogP contribution in [0.3, 0.4) is 0 Å². The summed E-state index contributed by atoms with van der Waals surface area (Å²) in [6, 6.07) is 12.7. The average molecular weight is 518 g/mol. The minimum Gasteiger partial charge on any atom is -0.508 e. The zero-order valence-electron chi connectivity index (χ0n) is 17.6. The smallest absolute Gasteiger partial charge is 0.161 e. The maximum Gasteiger partial charge on any atom is 0.161 e. The summed E-state index contributed by atoms with van der Waals surface area (Å²) in [6.45, 7) is 8.31. The van der Waals surface area contributed by atoms with E-state index < -0.39 is 0 Å². The van der Waals surface area contributed by atoms with Gasteiger partial charge >= 0.3 is 0 Å². The Morgan fingerprint density at radius 2 is 1.27 bits per heavy atom. The van der Waals surface area contributed by atoms with Crippen LogP contribution >= 0.6 is 22.6 Å². The number of aromatic hydroxyl groups is 4. The lowest BCUT2D eigenvalue weighted by atomic mass is 9.85. The van der Waals surface area contributed by atoms with Crippen LogP contribution in [0.5, 0.6) is 23.0 Å². The molecular formula is C25H27IO4. The molecule has 5 heteroatoms. The van der Waals surface area contributed by atoms with Gasteiger partial charge in [0.2, 0.25) is 0 Å². The molecule has 0 aliphatic rings. The molecule has 0 saturated carbocycles. The lowest BCUT2D eigenvalue weighted by Crippen LogP contribution is -2.11. The van der Waals surface area contributed by atoms with Crippen molar-refractivity contribution in [1.29, 1.82) is 0 Å². The van der Waals surface area contributed by atoms with E-state index in [0.717, 1.165) is 20.3 Å². The fourth-order valence-corrected chi connectivity index (χ4v) is 4.25. The lowest BCUT2D eigenvalue weighted by Gasteiger charge is -2.21. The monoisotopic (exact) mass is 518 g/mol. The topological polar surface area (TPSA) is 80.9 Å². The second-order valence-electron chi connectivity index (χ2n) is 8.81. The number of halogens is 1. The molecule has 0 aromatic heterocycles. The van der Waals surface area contributed by atoms with Gasteiger partial charge in [0.25, 0.3) is 0 Å². The molecule has 0 aliphatic heterocycles. The molecule has 0 unspecified atom stereocenters. The second-order valence-corrected chi connectivity index (χ2v) is 10.1. The van der Waals surface area contributed by atoms with Crippen molar-refractivity contribution < 1.29 is 20.4 Å². The number of rotatable bonds is 4. The summed E-state index contributed by atoms with van der Waals surface area (Å²) in [5.41, 5.74) is 4.70. The predicted molar refractivity (Wildman–Crippen MR) is 128 cm³/mol. The summed E-state index contributed by atoms with van der Waals surface area (Å²) in [6.07, 6.45) is 0.671. The highest BCUT2D eigenvalue weighted by Crippen LogP contribution is 2.37. The highest BCUT2D eigenvalue weighted by Gasteiger charge is 2.18. The van der Waals surface area contributed by atoms with Crippen molar-refractivity contribution in [1.82, 2.24) is 0 Å². The van der Waals surface area contributed by atoms with Crippen molar-refractivity contribution in [2.45, 2.75) is 46.0 Å². The molecule has 0 aliphatic carbocycles. The predicted octanol–water partition coefficient (Wildman–Crippen LogP) is 5.90. The van der Waals surface area contributed by atoms with E-state index in [1.165, 1.54) is 6.07 Å². The first-order chi connectivity index (χ1) is 14.0. The highest BCUT2D eigenvalue weighted by atomic mass is 127. The zero-order chi connectivity index (χ0) is 22.2. The van der Waals surface area contributed by atoms with Gasteiger partial charge in [-0.1, -0.05) is 50.6 Å². The minimum absolute atomic E-state index is 0.0494. The molecule has 0 spiro atoms. The van der Waals surface area contributed by atoms with Crippen LogP contribution in [0.2, 0.25) is 0 Å². The SMILES string of the molecule is Cc1cc(Cc2cc(C(C)(C)C)ccc2O)c(O)c(Cc2cc(I)cc(O)c2O)c1. The van der Waals surface area contributed by atoms with Crippen LogP contribution in [0.25, 0.3) is 0 Å². The summed E-state index contributed by atoms with van der Waals surface area (Å²) >= 11 is 2.08. The van der Waals surface area contributed by atoms with E-state index in [-0.39, 0.29) is 34.8 Å². The molecule has 0 amide bonds. The number of benzene rings is 3. The van der Waals surface area contributed by atoms with Crippen LogP contribution in [0, 0.1) is 10.5 Å². The molecule has 0 bridgehead atoms. The Hall–Kier alpha value is -2.41. The summed E-state index contributed by atoms with van der Waals surface area (Å²) in [7, 11) is 0. The summed E-state index contributed by atoms with van der Waals surface area (Å²) < 4.78 is 0.800. The Labute approximate surface area is 191 Å². The Morgan fingerprint density at radius 3 is 1.87 bits per heavy atom. The van der Waals surface area contributed by atoms with Crippen molar-refractivity contribution >= 4 is 22.6 Å². The summed E-state index contributed by atoms with van der Waals surface area (Å²) in [4.78, 5) is 0. The van der Waals surface area contributed by atoms with Gasteiger partial charge in [-0.3, -0.25) is 0 Å². The van der Waals surface area contributed by atoms with Crippen LogP contribution in [0.15, 0.2) is 42.5 Å². The van der Waals surface area contributed by atoms with E-state index >= 15 is 0 Å². The average Bonchev–Trinajstić information content (AvgIpc) is 2.63. The van der Waals surface area contributed by atoms with E-state index in [1.807, 2.05) is 31.2 Å². The van der Waals surface area contributed by atoms with E-state index in [4.69, 9.17) is 0 Å². The standard InChI is InChI=1S/C25H27IO4/c1-14-7-16(9-15-11-19(25(2,3)4)5-6-21(15)27)23(29)17(8-14)10-18-12-20(26)13-22(28)24(18)30/h5-8,11-13,27-30H,9-10H2,1-4H3. The van der Waals surface area contributed by atoms with Gasteiger partial charge in [0.15, 0.2) is 11.5 Å². The zero-order valence-corrected chi connectivity index (χ0v) is 19.8. The molecule has 0 radical (unpaired) electrons. The quantitative estimate of drug-likeness (QED) is 0.256. The summed E-state index contributed by atoms with van der Waals surface area (Å²) in [5.74, 6) is -0.00822. The van der Waals surface area contributed by atoms with E-state index in [1.54, 1.807) is 12.1 Å². The lowest BCUT2D eigenvalue weighted by molar-refractivity contribution is 0.399. The molecule has 3 aromatic rings. The van der Waals surface area contributed by atoms with Crippen molar-refractivity contribution in [3.8, 4) is 23.0 Å². The second kappa shape index (κ2) is 8.38. The largest absolute Gasteiger partial charge is 0.508 e. The van der Waals surface area contributed by atoms with Crippen molar-refractivity contribution in [3.63, 3.8) is 0 Å². The maximum absolute atomic E-state index is 11.0. The Morgan fingerprint density at radius 1 is 0.700 bits per heavy atom. The van der Waals surface area contributed by atoms with Crippen molar-refractivity contribution in [3.05, 3.63) is 79.4 Å². The van der Waals surface area contributed by atoms with Gasteiger partial charge < -0.3 is 20.4 Å². The molecule has 30 heavy (non-hydrogen) atoms. The first kappa shape index (κ1) is 22.3. The fourth-order valence-electron chi connectivity index (χ4n) is 3.58. The van der Waals surface area contributed by atoms with Gasteiger partial charge in [-0.25, -0.2) is 0 Å². The third-order valence-corrected chi connectivity index (χ3v) is 5.88. The van der Waals surface area contributed by atoms with Gasteiger partial charge in [-0.05, 0) is 75.4 Å².